The number of piperazine rings is 1. The molecule has 5 rings (SSSR count). The molecule has 2 aliphatic heterocycles. The van der Waals surface area contributed by atoms with E-state index in [1.165, 1.54) is 5.57 Å². The summed E-state index contributed by atoms with van der Waals surface area (Å²) < 4.78 is 25.2. The molecule has 2 N–H and O–H groups in total. The van der Waals surface area contributed by atoms with Crippen molar-refractivity contribution >= 4 is 28.7 Å². The third kappa shape index (κ3) is 7.36. The first-order chi connectivity index (χ1) is 20.8. The number of rotatable bonds is 11. The van der Waals surface area contributed by atoms with Crippen LogP contribution < -0.4 is 10.6 Å². The first-order valence-electron chi connectivity index (χ1n) is 15.2. The molecule has 1 saturated heterocycles. The molecule has 8 heteroatoms. The van der Waals surface area contributed by atoms with Crippen molar-refractivity contribution in [3.05, 3.63) is 95.7 Å². The van der Waals surface area contributed by atoms with Gasteiger partial charge in [0.2, 0.25) is 12.4 Å². The zero-order chi connectivity index (χ0) is 30.3. The van der Waals surface area contributed by atoms with Crippen LogP contribution in [0, 0.1) is 5.92 Å². The second-order valence-corrected chi connectivity index (χ2v) is 11.6. The fourth-order valence-electron chi connectivity index (χ4n) is 6.21. The average molecular weight is 586 g/mol. The van der Waals surface area contributed by atoms with Crippen LogP contribution in [-0.2, 0) is 4.79 Å². The SMILES string of the molecule is C=CCCC=C(C)C/C=C/C1=NC(N)=NC2C3=C(c4ccc(N5CCN(CCC(F)F)CC5)cc4)C=CC=C(C3)C(=O)C12. The smallest absolute Gasteiger partial charge is 0.239 e. The Morgan fingerprint density at radius 2 is 1.93 bits per heavy atom. The normalized spacial score (nSPS) is 22.9. The molecule has 0 amide bonds. The summed E-state index contributed by atoms with van der Waals surface area (Å²) >= 11 is 0. The number of Topliss-reactive ketones (excluding diaryl/α,β-unsaturated/α-hetero) is 1. The van der Waals surface area contributed by atoms with E-state index in [1.54, 1.807) is 0 Å². The van der Waals surface area contributed by atoms with Crippen molar-refractivity contribution in [3.63, 3.8) is 0 Å². The standard InChI is InChI=1S/C35H41F2N5O/c1-3-4-5-8-24(2)9-6-12-30-32-33(40-35(38)39-30)29-23-26(34(32)43)10-7-11-28(29)25-13-15-27(16-14-25)42-21-19-41(20-22-42)18-17-31(36)37/h3,6-8,10-16,31-33H,1,4-5,9,17-23H2,2H3,(H2,38,40)/b12-6+,24-8?. The molecule has 0 radical (unpaired) electrons. The van der Waals surface area contributed by atoms with Crippen LogP contribution in [-0.4, -0.2) is 67.5 Å². The number of halogens is 2. The number of ketones is 1. The highest BCUT2D eigenvalue weighted by Crippen LogP contribution is 2.41. The monoisotopic (exact) mass is 585 g/mol. The van der Waals surface area contributed by atoms with Crippen molar-refractivity contribution in [2.75, 3.05) is 37.6 Å². The third-order valence-corrected chi connectivity index (χ3v) is 8.56. The Bertz CT molecular complexity index is 1420. The number of carbonyl (C=O) groups is 1. The zero-order valence-electron chi connectivity index (χ0n) is 24.9. The van der Waals surface area contributed by atoms with Gasteiger partial charge in [0.15, 0.2) is 5.78 Å². The number of hydrogen-bond donors (Lipinski definition) is 1. The Hall–Kier alpha value is -3.91. The van der Waals surface area contributed by atoms with Gasteiger partial charge in [-0.05, 0) is 67.5 Å². The minimum Gasteiger partial charge on any atom is -0.369 e. The van der Waals surface area contributed by atoms with Gasteiger partial charge in [-0.2, -0.15) is 0 Å². The minimum atomic E-state index is -2.25. The fraction of sp³-hybridized carbons (Fsp3) is 0.400. The molecule has 6 nitrogen and oxygen atoms in total. The Kier molecular flexibility index (Phi) is 9.97. The molecular formula is C35H41F2N5O. The summed E-state index contributed by atoms with van der Waals surface area (Å²) in [5.41, 5.74) is 13.2. The maximum absolute atomic E-state index is 13.7. The molecule has 2 bridgehead atoms. The fourth-order valence-corrected chi connectivity index (χ4v) is 6.21. The van der Waals surface area contributed by atoms with Crippen molar-refractivity contribution in [2.24, 2.45) is 21.6 Å². The van der Waals surface area contributed by atoms with E-state index in [9.17, 15) is 13.6 Å². The molecule has 1 aromatic rings. The van der Waals surface area contributed by atoms with Crippen LogP contribution in [0.25, 0.3) is 5.57 Å². The van der Waals surface area contributed by atoms with Gasteiger partial charge in [-0.25, -0.2) is 18.8 Å². The lowest BCUT2D eigenvalue weighted by molar-refractivity contribution is -0.118. The number of nitrogens with zero attached hydrogens (tertiary/aromatic N) is 4. The summed E-state index contributed by atoms with van der Waals surface area (Å²) in [4.78, 5) is 27.3. The lowest BCUT2D eigenvalue weighted by atomic mass is 9.72. The van der Waals surface area contributed by atoms with Gasteiger partial charge in [-0.3, -0.25) is 9.69 Å². The van der Waals surface area contributed by atoms with Crippen molar-refractivity contribution < 1.29 is 13.6 Å². The van der Waals surface area contributed by atoms with Gasteiger partial charge >= 0.3 is 0 Å². The zero-order valence-corrected chi connectivity index (χ0v) is 24.9. The lowest BCUT2D eigenvalue weighted by Gasteiger charge is -2.36. The molecular weight excluding hydrogens is 544 g/mol. The molecule has 2 atom stereocenters. The van der Waals surface area contributed by atoms with Gasteiger partial charge in [-0.1, -0.05) is 54.2 Å². The number of allylic oxidation sites excluding steroid dienone is 10. The molecule has 1 saturated carbocycles. The molecule has 43 heavy (non-hydrogen) atoms. The van der Waals surface area contributed by atoms with E-state index in [1.807, 2.05) is 24.3 Å². The number of benzene rings is 1. The highest BCUT2D eigenvalue weighted by atomic mass is 19.3. The molecule has 1 aromatic carbocycles. The summed E-state index contributed by atoms with van der Waals surface area (Å²) in [5.74, 6) is -0.248. The van der Waals surface area contributed by atoms with E-state index in [0.717, 1.165) is 73.4 Å². The highest BCUT2D eigenvalue weighted by molar-refractivity contribution is 6.21. The summed E-state index contributed by atoms with van der Waals surface area (Å²) in [6.45, 7) is 9.49. The van der Waals surface area contributed by atoms with Crippen LogP contribution in [0.4, 0.5) is 14.5 Å². The number of nitrogens with two attached hydrogens (primary N) is 1. The van der Waals surface area contributed by atoms with Crippen molar-refractivity contribution in [3.8, 4) is 0 Å². The summed E-state index contributed by atoms with van der Waals surface area (Å²) in [5, 5.41) is 0. The number of unbranched alkanes of at least 4 members (excludes halogenated alkanes) is 1. The van der Waals surface area contributed by atoms with Gasteiger partial charge in [0.1, 0.15) is 0 Å². The van der Waals surface area contributed by atoms with Crippen molar-refractivity contribution in [1.82, 2.24) is 4.90 Å². The lowest BCUT2D eigenvalue weighted by Crippen LogP contribution is -2.46. The van der Waals surface area contributed by atoms with E-state index < -0.39 is 18.4 Å². The van der Waals surface area contributed by atoms with Gasteiger partial charge in [-0.15, -0.1) is 6.58 Å². The second-order valence-electron chi connectivity index (χ2n) is 11.6. The van der Waals surface area contributed by atoms with E-state index in [-0.39, 0.29) is 18.2 Å². The molecule has 2 fully saturated rings. The van der Waals surface area contributed by atoms with Crippen molar-refractivity contribution in [2.45, 2.75) is 51.5 Å². The summed E-state index contributed by atoms with van der Waals surface area (Å²) in [7, 11) is 0. The highest BCUT2D eigenvalue weighted by Gasteiger charge is 2.43. The van der Waals surface area contributed by atoms with E-state index >= 15 is 0 Å². The quantitative estimate of drug-likeness (QED) is 0.244. The molecule has 2 heterocycles. The molecule has 2 unspecified atom stereocenters. The first kappa shape index (κ1) is 30.5. The maximum atomic E-state index is 13.7. The molecule has 0 spiro atoms. The van der Waals surface area contributed by atoms with Crippen LogP contribution in [0.15, 0.2) is 100 Å². The Morgan fingerprint density at radius 3 is 2.65 bits per heavy atom. The summed E-state index contributed by atoms with van der Waals surface area (Å²) in [6, 6.07) is 8.08. The van der Waals surface area contributed by atoms with Gasteiger partial charge in [0.25, 0.3) is 0 Å². The third-order valence-electron chi connectivity index (χ3n) is 8.56. The number of alkyl halides is 2. The number of anilines is 1. The van der Waals surface area contributed by atoms with Crippen LogP contribution in [0.3, 0.4) is 0 Å². The summed E-state index contributed by atoms with van der Waals surface area (Å²) in [6.07, 6.45) is 15.0. The number of carbonyl (C=O) groups excluding carboxylic acids is 1. The molecule has 0 aromatic heterocycles. The molecule has 226 valence electrons. The maximum Gasteiger partial charge on any atom is 0.239 e. The number of guanidine groups is 1. The first-order valence-corrected chi connectivity index (χ1v) is 15.2. The molecule has 4 aliphatic rings. The van der Waals surface area contributed by atoms with Crippen LogP contribution in [0.2, 0.25) is 0 Å². The van der Waals surface area contributed by atoms with E-state index in [0.29, 0.717) is 18.7 Å². The van der Waals surface area contributed by atoms with E-state index in [2.05, 4.69) is 70.8 Å². The minimum absolute atomic E-state index is 0.0561. The predicted octanol–water partition coefficient (Wildman–Crippen LogP) is 6.30. The number of fused-ring (bicyclic) bond motifs is 4. The Balaban J connectivity index is 1.34. The van der Waals surface area contributed by atoms with Crippen molar-refractivity contribution in [1.29, 1.82) is 0 Å². The number of aliphatic imine (C=N–C) groups is 2. The topological polar surface area (TPSA) is 74.3 Å². The molecule has 2 aliphatic carbocycles. The Morgan fingerprint density at radius 1 is 1.16 bits per heavy atom. The predicted molar refractivity (Wildman–Crippen MR) is 173 cm³/mol. The average Bonchev–Trinajstić information content (AvgIpc) is 3.20. The van der Waals surface area contributed by atoms with Crippen LogP contribution in [0.5, 0.6) is 0 Å². The van der Waals surface area contributed by atoms with Gasteiger partial charge < -0.3 is 10.6 Å². The number of hydrogen-bond acceptors (Lipinski definition) is 6. The van der Waals surface area contributed by atoms with Gasteiger partial charge in [0.05, 0.1) is 17.7 Å². The van der Waals surface area contributed by atoms with Crippen LogP contribution in [0.1, 0.15) is 44.6 Å². The Labute approximate surface area is 253 Å². The van der Waals surface area contributed by atoms with Gasteiger partial charge in [0, 0.05) is 50.4 Å². The van der Waals surface area contributed by atoms with E-state index in [4.69, 9.17) is 10.7 Å². The second kappa shape index (κ2) is 14.0. The van der Waals surface area contributed by atoms with Crippen LogP contribution >= 0.6 is 0 Å². The largest absolute Gasteiger partial charge is 0.369 e.